The highest BCUT2D eigenvalue weighted by molar-refractivity contribution is 6.30. The van der Waals surface area contributed by atoms with Gasteiger partial charge in [0.05, 0.1) is 23.4 Å². The molecule has 2 amide bonds. The zero-order chi connectivity index (χ0) is 25.8. The number of rotatable bonds is 7. The molecule has 3 aromatic rings. The van der Waals surface area contributed by atoms with Crippen LogP contribution in [0.25, 0.3) is 0 Å². The number of hydrogen-bond acceptors (Lipinski definition) is 6. The van der Waals surface area contributed by atoms with E-state index in [1.807, 2.05) is 0 Å². The summed E-state index contributed by atoms with van der Waals surface area (Å²) in [7, 11) is 0. The Morgan fingerprint density at radius 3 is 2.44 bits per heavy atom. The van der Waals surface area contributed by atoms with Crippen LogP contribution in [0.4, 0.5) is 24.5 Å². The van der Waals surface area contributed by atoms with Crippen molar-refractivity contribution < 1.29 is 27.5 Å². The van der Waals surface area contributed by atoms with Crippen molar-refractivity contribution in [3.05, 3.63) is 82.9 Å². The molecule has 0 bridgehead atoms. The Kier molecular flexibility index (Phi) is 7.41. The number of benzene rings is 2. The first-order valence-corrected chi connectivity index (χ1v) is 11.2. The van der Waals surface area contributed by atoms with Gasteiger partial charge in [0.15, 0.2) is 0 Å². The van der Waals surface area contributed by atoms with Gasteiger partial charge in [-0.15, -0.1) is 0 Å². The number of aromatic nitrogens is 2. The topological polar surface area (TPSA) is 105 Å². The minimum atomic E-state index is -4.57. The van der Waals surface area contributed by atoms with Crippen molar-refractivity contribution in [3.63, 3.8) is 0 Å². The second-order valence-corrected chi connectivity index (χ2v) is 8.59. The number of alkyl halides is 3. The van der Waals surface area contributed by atoms with Crippen molar-refractivity contribution in [1.29, 1.82) is 0 Å². The molecule has 12 heteroatoms. The van der Waals surface area contributed by atoms with Gasteiger partial charge in [0.25, 0.3) is 5.91 Å². The molecule has 0 aliphatic carbocycles. The zero-order valence-electron chi connectivity index (χ0n) is 18.7. The van der Waals surface area contributed by atoms with E-state index in [2.05, 4.69) is 25.9 Å². The number of ether oxygens (including phenoxy) is 1. The number of hydrogen-bond donors (Lipinski definition) is 3. The fraction of sp³-hybridized carbons (Fsp3) is 0.250. The lowest BCUT2D eigenvalue weighted by Crippen LogP contribution is -2.59. The van der Waals surface area contributed by atoms with E-state index in [4.69, 9.17) is 16.3 Å². The lowest BCUT2D eigenvalue weighted by atomic mass is 9.96. The van der Waals surface area contributed by atoms with Crippen LogP contribution in [0.1, 0.15) is 27.9 Å². The lowest BCUT2D eigenvalue weighted by Gasteiger charge is -2.27. The molecule has 1 aliphatic heterocycles. The summed E-state index contributed by atoms with van der Waals surface area (Å²) in [5.74, 6) is -0.907. The maximum absolute atomic E-state index is 13.3. The summed E-state index contributed by atoms with van der Waals surface area (Å²) in [4.78, 5) is 33.2. The molecular formula is C24H21ClF3N5O3. The number of anilines is 2. The van der Waals surface area contributed by atoms with E-state index < -0.39 is 29.1 Å². The normalized spacial score (nSPS) is 17.4. The molecule has 8 nitrogen and oxygen atoms in total. The van der Waals surface area contributed by atoms with E-state index in [9.17, 15) is 22.8 Å². The third-order valence-electron chi connectivity index (χ3n) is 5.60. The summed E-state index contributed by atoms with van der Waals surface area (Å²) in [6.45, 7) is 0.466. The Morgan fingerprint density at radius 1 is 1.08 bits per heavy atom. The van der Waals surface area contributed by atoms with E-state index in [1.165, 1.54) is 30.9 Å². The number of carbonyl (C=O) groups is 2. The molecule has 0 spiro atoms. The predicted molar refractivity (Wildman–Crippen MR) is 126 cm³/mol. The van der Waals surface area contributed by atoms with Crippen LogP contribution in [0, 0.1) is 0 Å². The molecule has 1 fully saturated rings. The van der Waals surface area contributed by atoms with Gasteiger partial charge >= 0.3 is 6.18 Å². The van der Waals surface area contributed by atoms with E-state index in [-0.39, 0.29) is 29.4 Å². The quantitative estimate of drug-likeness (QED) is 0.434. The van der Waals surface area contributed by atoms with Gasteiger partial charge in [-0.3, -0.25) is 9.59 Å². The summed E-state index contributed by atoms with van der Waals surface area (Å²) in [6.07, 6.45) is -0.282. The molecule has 4 rings (SSSR count). The van der Waals surface area contributed by atoms with Crippen molar-refractivity contribution in [1.82, 2.24) is 20.6 Å². The molecule has 3 N–H and O–H groups in total. The van der Waals surface area contributed by atoms with Gasteiger partial charge in [0, 0.05) is 42.7 Å². The summed E-state index contributed by atoms with van der Waals surface area (Å²) in [5, 5.41) is 8.26. The SMILES string of the molecule is O=C(N[C@@]1(C(=O)NCc2ccc(Nc3ccc(Cl)cc3C(F)(F)F)cc2)CCOC1)c1cncnc1. The van der Waals surface area contributed by atoms with E-state index in [0.29, 0.717) is 24.3 Å². The van der Waals surface area contributed by atoms with Crippen molar-refractivity contribution in [3.8, 4) is 0 Å². The molecule has 36 heavy (non-hydrogen) atoms. The standard InChI is InChI=1S/C24H21ClF3N5O3/c25-17-3-6-20(19(9-17)24(26,27)28)32-18-4-1-15(2-5-18)10-31-22(35)23(7-8-36-13-23)33-21(34)16-11-29-14-30-12-16/h1-6,9,11-12,14,32H,7-8,10,13H2,(H,31,35)(H,33,34)/t23-/m0/s1. The summed E-state index contributed by atoms with van der Waals surface area (Å²) < 4.78 is 45.4. The van der Waals surface area contributed by atoms with Crippen molar-refractivity contribution in [2.45, 2.75) is 24.7 Å². The number of amides is 2. The van der Waals surface area contributed by atoms with Gasteiger partial charge in [-0.1, -0.05) is 23.7 Å². The van der Waals surface area contributed by atoms with E-state index >= 15 is 0 Å². The van der Waals surface area contributed by atoms with Gasteiger partial charge in [-0.2, -0.15) is 13.2 Å². The summed E-state index contributed by atoms with van der Waals surface area (Å²) >= 11 is 5.72. The zero-order valence-corrected chi connectivity index (χ0v) is 19.5. The monoisotopic (exact) mass is 519 g/mol. The lowest BCUT2D eigenvalue weighted by molar-refractivity contribution is -0.137. The molecular weight excluding hydrogens is 499 g/mol. The maximum atomic E-state index is 13.3. The van der Waals surface area contributed by atoms with E-state index in [1.54, 1.807) is 24.3 Å². The molecule has 0 radical (unpaired) electrons. The Morgan fingerprint density at radius 2 is 1.81 bits per heavy atom. The highest BCUT2D eigenvalue weighted by Crippen LogP contribution is 2.37. The van der Waals surface area contributed by atoms with Gasteiger partial charge in [-0.05, 0) is 35.9 Å². The molecule has 188 valence electrons. The van der Waals surface area contributed by atoms with Crippen LogP contribution < -0.4 is 16.0 Å². The first kappa shape index (κ1) is 25.4. The van der Waals surface area contributed by atoms with Gasteiger partial charge < -0.3 is 20.7 Å². The molecule has 1 aromatic heterocycles. The largest absolute Gasteiger partial charge is 0.418 e. The highest BCUT2D eigenvalue weighted by Gasteiger charge is 2.43. The van der Waals surface area contributed by atoms with Crippen molar-refractivity contribution in [2.24, 2.45) is 0 Å². The van der Waals surface area contributed by atoms with Crippen LogP contribution >= 0.6 is 11.6 Å². The fourth-order valence-corrected chi connectivity index (χ4v) is 3.85. The predicted octanol–water partition coefficient (Wildman–Crippen LogP) is 4.10. The van der Waals surface area contributed by atoms with Crippen LogP contribution in [0.5, 0.6) is 0 Å². The van der Waals surface area contributed by atoms with Crippen molar-refractivity contribution >= 4 is 34.8 Å². The Hall–Kier alpha value is -3.70. The fourth-order valence-electron chi connectivity index (χ4n) is 3.68. The Labute approximate surface area is 209 Å². The highest BCUT2D eigenvalue weighted by atomic mass is 35.5. The second kappa shape index (κ2) is 10.5. The summed E-state index contributed by atoms with van der Waals surface area (Å²) in [6, 6.07) is 10.0. The van der Waals surface area contributed by atoms with Gasteiger partial charge in [0.1, 0.15) is 11.9 Å². The molecule has 0 unspecified atom stereocenters. The third kappa shape index (κ3) is 5.92. The van der Waals surface area contributed by atoms with Crippen molar-refractivity contribution in [2.75, 3.05) is 18.5 Å². The minimum Gasteiger partial charge on any atom is -0.378 e. The van der Waals surface area contributed by atoms with Gasteiger partial charge in [-0.25, -0.2) is 9.97 Å². The average molecular weight is 520 g/mol. The Balaban J connectivity index is 1.39. The van der Waals surface area contributed by atoms with Crippen LogP contribution in [0.3, 0.4) is 0 Å². The van der Waals surface area contributed by atoms with Gasteiger partial charge in [0.2, 0.25) is 5.91 Å². The number of nitrogens with zero attached hydrogens (tertiary/aromatic N) is 2. The number of carbonyl (C=O) groups excluding carboxylic acids is 2. The Bertz CT molecular complexity index is 1230. The first-order valence-electron chi connectivity index (χ1n) is 10.8. The summed E-state index contributed by atoms with van der Waals surface area (Å²) in [5.41, 5.74) is -0.894. The first-order chi connectivity index (χ1) is 17.2. The maximum Gasteiger partial charge on any atom is 0.418 e. The van der Waals surface area contributed by atoms with Crippen LogP contribution in [0.2, 0.25) is 5.02 Å². The second-order valence-electron chi connectivity index (χ2n) is 8.16. The van der Waals surface area contributed by atoms with Crippen LogP contribution in [-0.2, 0) is 22.3 Å². The smallest absolute Gasteiger partial charge is 0.378 e. The third-order valence-corrected chi connectivity index (χ3v) is 5.84. The van der Waals surface area contributed by atoms with Crippen LogP contribution in [0.15, 0.2) is 61.2 Å². The minimum absolute atomic E-state index is 0.0160. The number of nitrogens with one attached hydrogen (secondary N) is 3. The molecule has 1 aliphatic rings. The molecule has 1 saturated heterocycles. The van der Waals surface area contributed by atoms with Crippen LogP contribution in [-0.4, -0.2) is 40.5 Å². The molecule has 2 aromatic carbocycles. The molecule has 1 atom stereocenters. The molecule has 2 heterocycles. The number of halogens is 4. The average Bonchev–Trinajstić information content (AvgIpc) is 3.34. The molecule has 0 saturated carbocycles. The van der Waals surface area contributed by atoms with E-state index in [0.717, 1.165) is 6.07 Å².